The highest BCUT2D eigenvalue weighted by Gasteiger charge is 2.12. The Balaban J connectivity index is 3.05. The first-order chi connectivity index (χ1) is 6.54. The molecule has 1 aromatic rings. The lowest BCUT2D eigenvalue weighted by molar-refractivity contribution is 0.404. The highest BCUT2D eigenvalue weighted by molar-refractivity contribution is 5.30. The van der Waals surface area contributed by atoms with Crippen LogP contribution in [0.5, 0.6) is 5.75 Å². The molecule has 0 atom stereocenters. The van der Waals surface area contributed by atoms with Crippen molar-refractivity contribution in [3.05, 3.63) is 29.3 Å². The molecule has 14 heavy (non-hydrogen) atoms. The van der Waals surface area contributed by atoms with Crippen LogP contribution < -0.4 is 4.74 Å². The van der Waals surface area contributed by atoms with Gasteiger partial charge in [-0.25, -0.2) is 8.78 Å². The van der Waals surface area contributed by atoms with Gasteiger partial charge in [0.15, 0.2) is 0 Å². The summed E-state index contributed by atoms with van der Waals surface area (Å²) in [6.07, 6.45) is 0.404. The van der Waals surface area contributed by atoms with Gasteiger partial charge in [-0.15, -0.1) is 0 Å². The van der Waals surface area contributed by atoms with E-state index < -0.39 is 11.6 Å². The molecule has 0 aliphatic rings. The lowest BCUT2D eigenvalue weighted by Gasteiger charge is -2.09. The second kappa shape index (κ2) is 4.40. The highest BCUT2D eigenvalue weighted by Crippen LogP contribution is 2.22. The molecule has 0 saturated carbocycles. The van der Waals surface area contributed by atoms with Crippen molar-refractivity contribution in [3.8, 4) is 5.75 Å². The van der Waals surface area contributed by atoms with E-state index in [9.17, 15) is 8.78 Å². The molecule has 0 radical (unpaired) electrons. The summed E-state index contributed by atoms with van der Waals surface area (Å²) < 4.78 is 31.4. The number of halogens is 2. The molecule has 1 nitrogen and oxygen atoms in total. The third kappa shape index (κ3) is 2.44. The molecule has 0 bridgehead atoms. The maximum atomic E-state index is 13.3. The SMILES string of the molecule is COc1cc(F)c(CC(C)C)c(F)c1. The fourth-order valence-electron chi connectivity index (χ4n) is 1.30. The summed E-state index contributed by atoms with van der Waals surface area (Å²) in [4.78, 5) is 0. The van der Waals surface area contributed by atoms with Crippen LogP contribution >= 0.6 is 0 Å². The largest absolute Gasteiger partial charge is 0.497 e. The molecule has 0 unspecified atom stereocenters. The minimum atomic E-state index is -0.532. The van der Waals surface area contributed by atoms with E-state index in [1.54, 1.807) is 0 Å². The summed E-state index contributed by atoms with van der Waals surface area (Å²) in [6.45, 7) is 3.84. The number of rotatable bonds is 3. The van der Waals surface area contributed by atoms with Crippen molar-refractivity contribution in [2.45, 2.75) is 20.3 Å². The Bertz CT molecular complexity index is 298. The van der Waals surface area contributed by atoms with Crippen molar-refractivity contribution < 1.29 is 13.5 Å². The maximum absolute atomic E-state index is 13.3. The minimum absolute atomic E-state index is 0.140. The van der Waals surface area contributed by atoms with E-state index in [1.165, 1.54) is 19.2 Å². The van der Waals surface area contributed by atoms with E-state index in [1.807, 2.05) is 13.8 Å². The highest BCUT2D eigenvalue weighted by atomic mass is 19.1. The Morgan fingerprint density at radius 3 is 2.07 bits per heavy atom. The number of ether oxygens (including phenoxy) is 1. The van der Waals surface area contributed by atoms with Crippen molar-refractivity contribution in [2.24, 2.45) is 5.92 Å². The summed E-state index contributed by atoms with van der Waals surface area (Å²) in [5.74, 6) is -0.619. The molecule has 0 spiro atoms. The van der Waals surface area contributed by atoms with Crippen molar-refractivity contribution in [3.63, 3.8) is 0 Å². The molecular formula is C11H14F2O. The van der Waals surface area contributed by atoms with Gasteiger partial charge in [-0.1, -0.05) is 13.8 Å². The average molecular weight is 200 g/mol. The molecule has 78 valence electrons. The topological polar surface area (TPSA) is 9.23 Å². The van der Waals surface area contributed by atoms with Crippen LogP contribution in [-0.4, -0.2) is 7.11 Å². The second-order valence-corrected chi connectivity index (χ2v) is 3.67. The van der Waals surface area contributed by atoms with Crippen LogP contribution in [0.1, 0.15) is 19.4 Å². The van der Waals surface area contributed by atoms with Gasteiger partial charge in [0, 0.05) is 17.7 Å². The van der Waals surface area contributed by atoms with E-state index in [0.717, 1.165) is 0 Å². The van der Waals surface area contributed by atoms with Gasteiger partial charge in [-0.05, 0) is 12.3 Å². The smallest absolute Gasteiger partial charge is 0.133 e. The van der Waals surface area contributed by atoms with Crippen LogP contribution in [-0.2, 0) is 6.42 Å². The molecule has 0 amide bonds. The predicted octanol–water partition coefficient (Wildman–Crippen LogP) is 3.17. The van der Waals surface area contributed by atoms with Gasteiger partial charge in [0.05, 0.1) is 7.11 Å². The van der Waals surface area contributed by atoms with Gasteiger partial charge in [-0.3, -0.25) is 0 Å². The van der Waals surface area contributed by atoms with Gasteiger partial charge >= 0.3 is 0 Å². The zero-order valence-corrected chi connectivity index (χ0v) is 8.60. The van der Waals surface area contributed by atoms with Gasteiger partial charge in [-0.2, -0.15) is 0 Å². The monoisotopic (exact) mass is 200 g/mol. The first-order valence-corrected chi connectivity index (χ1v) is 4.56. The summed E-state index contributed by atoms with van der Waals surface area (Å²) >= 11 is 0. The molecule has 0 aliphatic carbocycles. The lowest BCUT2D eigenvalue weighted by atomic mass is 10.0. The first-order valence-electron chi connectivity index (χ1n) is 4.56. The van der Waals surface area contributed by atoms with Crippen LogP contribution in [0.2, 0.25) is 0 Å². The second-order valence-electron chi connectivity index (χ2n) is 3.67. The van der Waals surface area contributed by atoms with E-state index in [4.69, 9.17) is 4.74 Å². The molecular weight excluding hydrogens is 186 g/mol. The Kier molecular flexibility index (Phi) is 3.44. The first kappa shape index (κ1) is 11.0. The minimum Gasteiger partial charge on any atom is -0.497 e. The molecule has 0 saturated heterocycles. The molecule has 0 N–H and O–H groups in total. The van der Waals surface area contributed by atoms with Crippen LogP contribution in [0.3, 0.4) is 0 Å². The van der Waals surface area contributed by atoms with Crippen LogP contribution in [0.15, 0.2) is 12.1 Å². The molecule has 0 aliphatic heterocycles. The van der Waals surface area contributed by atoms with Gasteiger partial charge in [0.2, 0.25) is 0 Å². The van der Waals surface area contributed by atoms with Crippen molar-refractivity contribution in [1.82, 2.24) is 0 Å². The Morgan fingerprint density at radius 1 is 1.21 bits per heavy atom. The predicted molar refractivity (Wildman–Crippen MR) is 51.5 cm³/mol. The molecule has 1 rings (SSSR count). The molecule has 0 fully saturated rings. The number of hydrogen-bond acceptors (Lipinski definition) is 1. The van der Waals surface area contributed by atoms with Gasteiger partial charge < -0.3 is 4.74 Å². The fourth-order valence-corrected chi connectivity index (χ4v) is 1.30. The van der Waals surface area contributed by atoms with Crippen molar-refractivity contribution in [1.29, 1.82) is 0 Å². The molecule has 1 aromatic carbocycles. The summed E-state index contributed by atoms with van der Waals surface area (Å²) in [5, 5.41) is 0. The summed E-state index contributed by atoms with van der Waals surface area (Å²) in [5.41, 5.74) is 0.140. The standard InChI is InChI=1S/C11H14F2O/c1-7(2)4-9-10(12)5-8(14-3)6-11(9)13/h5-7H,4H2,1-3H3. The van der Waals surface area contributed by atoms with Crippen LogP contribution in [0.4, 0.5) is 8.78 Å². The van der Waals surface area contributed by atoms with Crippen LogP contribution in [0, 0.1) is 17.6 Å². The third-order valence-electron chi connectivity index (χ3n) is 1.96. The Labute approximate surface area is 82.7 Å². The molecule has 0 heterocycles. The summed E-state index contributed by atoms with van der Waals surface area (Å²) in [6, 6.07) is 2.42. The van der Waals surface area contributed by atoms with E-state index in [-0.39, 0.29) is 17.2 Å². The lowest BCUT2D eigenvalue weighted by Crippen LogP contribution is -2.02. The molecule has 3 heteroatoms. The van der Waals surface area contributed by atoms with Gasteiger partial charge in [0.25, 0.3) is 0 Å². The van der Waals surface area contributed by atoms with Crippen molar-refractivity contribution >= 4 is 0 Å². The number of hydrogen-bond donors (Lipinski definition) is 0. The zero-order valence-electron chi connectivity index (χ0n) is 8.60. The number of methoxy groups -OCH3 is 1. The zero-order chi connectivity index (χ0) is 10.7. The maximum Gasteiger partial charge on any atom is 0.133 e. The number of benzene rings is 1. The third-order valence-corrected chi connectivity index (χ3v) is 1.96. The fraction of sp³-hybridized carbons (Fsp3) is 0.455. The average Bonchev–Trinajstić information content (AvgIpc) is 2.10. The van der Waals surface area contributed by atoms with E-state index in [0.29, 0.717) is 6.42 Å². The van der Waals surface area contributed by atoms with E-state index in [2.05, 4.69) is 0 Å². The summed E-state index contributed by atoms with van der Waals surface area (Å²) in [7, 11) is 1.39. The molecule has 0 aromatic heterocycles. The van der Waals surface area contributed by atoms with E-state index >= 15 is 0 Å². The Morgan fingerprint density at radius 2 is 1.71 bits per heavy atom. The quantitative estimate of drug-likeness (QED) is 0.728. The van der Waals surface area contributed by atoms with Crippen molar-refractivity contribution in [2.75, 3.05) is 7.11 Å². The van der Waals surface area contributed by atoms with Crippen LogP contribution in [0.25, 0.3) is 0 Å². The Hall–Kier alpha value is -1.12. The van der Waals surface area contributed by atoms with Gasteiger partial charge in [0.1, 0.15) is 17.4 Å². The normalized spacial score (nSPS) is 10.7.